The molecule has 0 spiro atoms. The minimum Gasteiger partial charge on any atom is -0.550 e. The van der Waals surface area contributed by atoms with Crippen molar-refractivity contribution in [3.8, 4) is 0 Å². The summed E-state index contributed by atoms with van der Waals surface area (Å²) in [6.45, 7) is 2.87. The van der Waals surface area contributed by atoms with Crippen LogP contribution in [0.4, 0.5) is 0 Å². The smallest absolute Gasteiger partial charge is 0.226 e. The molecule has 0 N–H and O–H groups in total. The second-order valence-corrected chi connectivity index (χ2v) is 5.56. The molecule has 1 aliphatic carbocycles. The van der Waals surface area contributed by atoms with Crippen molar-refractivity contribution >= 4 is 11.9 Å². The van der Waals surface area contributed by atoms with Gasteiger partial charge in [0, 0.05) is 30.4 Å². The molecule has 0 aromatic rings. The molecule has 0 aromatic heterocycles. The summed E-state index contributed by atoms with van der Waals surface area (Å²) < 4.78 is 0. The number of carboxylic acids is 1. The molecule has 106 valence electrons. The molecule has 0 unspecified atom stereocenters. The van der Waals surface area contributed by atoms with E-state index < -0.39 is 17.8 Å². The van der Waals surface area contributed by atoms with E-state index in [-0.39, 0.29) is 11.9 Å². The van der Waals surface area contributed by atoms with Gasteiger partial charge in [-0.25, -0.2) is 0 Å². The maximum Gasteiger partial charge on any atom is 0.226 e. The number of likely N-dealkylation sites (tertiary alicyclic amines) is 1. The third-order valence-electron chi connectivity index (χ3n) is 4.43. The first kappa shape index (κ1) is 14.1. The van der Waals surface area contributed by atoms with Gasteiger partial charge in [0.25, 0.3) is 0 Å². The number of carboxylic acid groups (broad SMARTS) is 1. The molecule has 4 nitrogen and oxygen atoms in total. The molecule has 0 radical (unpaired) electrons. The zero-order valence-corrected chi connectivity index (χ0v) is 11.5. The van der Waals surface area contributed by atoms with E-state index in [1.54, 1.807) is 0 Å². The maximum atomic E-state index is 12.6. The molecule has 1 fully saturated rings. The highest BCUT2D eigenvalue weighted by Crippen LogP contribution is 2.30. The van der Waals surface area contributed by atoms with Crippen LogP contribution in [-0.2, 0) is 9.59 Å². The molecule has 2 rings (SSSR count). The highest BCUT2D eigenvalue weighted by atomic mass is 16.4. The number of carbonyl (C=O) groups excluding carboxylic acids is 2. The summed E-state index contributed by atoms with van der Waals surface area (Å²) in [5.41, 5.74) is 0. The molecule has 2 aliphatic rings. The summed E-state index contributed by atoms with van der Waals surface area (Å²) in [5.74, 6) is -2.16. The van der Waals surface area contributed by atoms with Crippen molar-refractivity contribution in [2.45, 2.75) is 51.5 Å². The van der Waals surface area contributed by atoms with Crippen LogP contribution in [0, 0.1) is 11.8 Å². The van der Waals surface area contributed by atoms with Gasteiger partial charge in [0.05, 0.1) is 0 Å². The molecular weight excluding hydrogens is 242 g/mol. The van der Waals surface area contributed by atoms with E-state index in [2.05, 4.69) is 6.92 Å². The summed E-state index contributed by atoms with van der Waals surface area (Å²) in [5, 5.41) is 11.2. The molecule has 0 bridgehead atoms. The summed E-state index contributed by atoms with van der Waals surface area (Å²) in [7, 11) is 0. The van der Waals surface area contributed by atoms with Gasteiger partial charge in [-0.1, -0.05) is 19.1 Å². The predicted molar refractivity (Wildman–Crippen MR) is 70.0 cm³/mol. The van der Waals surface area contributed by atoms with Gasteiger partial charge >= 0.3 is 0 Å². The lowest BCUT2D eigenvalue weighted by molar-refractivity contribution is -0.313. The van der Waals surface area contributed by atoms with Crippen LogP contribution in [-0.4, -0.2) is 29.4 Å². The molecule has 1 aliphatic heterocycles. The van der Waals surface area contributed by atoms with Crippen molar-refractivity contribution in [2.24, 2.45) is 11.8 Å². The van der Waals surface area contributed by atoms with Crippen molar-refractivity contribution in [3.05, 3.63) is 12.2 Å². The first-order valence-electron chi connectivity index (χ1n) is 7.31. The number of aliphatic carboxylic acids is 1. The van der Waals surface area contributed by atoms with Crippen LogP contribution >= 0.6 is 0 Å². The standard InChI is InChI=1S/C15H23NO3/c1-2-11-7-5-6-10-16(11)14(17)12-8-3-4-9-13(12)15(18)19/h3-4,11-13H,2,5-10H2,1H3,(H,18,19)/p-1/t11-,12+,13+/m1/s1. The van der Waals surface area contributed by atoms with E-state index in [1.165, 1.54) is 0 Å². The lowest BCUT2D eigenvalue weighted by atomic mass is 9.81. The van der Waals surface area contributed by atoms with E-state index in [0.717, 1.165) is 32.2 Å². The van der Waals surface area contributed by atoms with Crippen LogP contribution in [0.1, 0.15) is 45.4 Å². The van der Waals surface area contributed by atoms with Crippen LogP contribution in [0.2, 0.25) is 0 Å². The Hall–Kier alpha value is -1.32. The third-order valence-corrected chi connectivity index (χ3v) is 4.43. The molecule has 0 saturated carbocycles. The molecule has 1 heterocycles. The maximum absolute atomic E-state index is 12.6. The Morgan fingerprint density at radius 3 is 2.53 bits per heavy atom. The van der Waals surface area contributed by atoms with E-state index in [0.29, 0.717) is 12.8 Å². The number of rotatable bonds is 3. The fourth-order valence-corrected chi connectivity index (χ4v) is 3.28. The summed E-state index contributed by atoms with van der Waals surface area (Å²) >= 11 is 0. The second kappa shape index (κ2) is 6.22. The average molecular weight is 264 g/mol. The average Bonchev–Trinajstić information content (AvgIpc) is 2.46. The van der Waals surface area contributed by atoms with Gasteiger partial charge in [-0.15, -0.1) is 0 Å². The quantitative estimate of drug-likeness (QED) is 0.717. The number of amides is 1. The monoisotopic (exact) mass is 264 g/mol. The van der Waals surface area contributed by atoms with Crippen molar-refractivity contribution < 1.29 is 14.7 Å². The Kier molecular flexibility index (Phi) is 4.61. The summed E-state index contributed by atoms with van der Waals surface area (Å²) in [6.07, 6.45) is 8.90. The number of hydrogen-bond acceptors (Lipinski definition) is 3. The summed E-state index contributed by atoms with van der Waals surface area (Å²) in [4.78, 5) is 25.7. The highest BCUT2D eigenvalue weighted by molar-refractivity contribution is 5.85. The fourth-order valence-electron chi connectivity index (χ4n) is 3.28. The van der Waals surface area contributed by atoms with Gasteiger partial charge in [0.1, 0.15) is 0 Å². The second-order valence-electron chi connectivity index (χ2n) is 5.56. The first-order chi connectivity index (χ1) is 9.15. The van der Waals surface area contributed by atoms with Crippen LogP contribution in [0.25, 0.3) is 0 Å². The molecule has 4 heteroatoms. The summed E-state index contributed by atoms with van der Waals surface area (Å²) in [6, 6.07) is 0.287. The van der Waals surface area contributed by atoms with Crippen LogP contribution in [0.3, 0.4) is 0 Å². The number of carbonyl (C=O) groups is 2. The van der Waals surface area contributed by atoms with Crippen LogP contribution < -0.4 is 5.11 Å². The van der Waals surface area contributed by atoms with Gasteiger partial charge in [-0.05, 0) is 38.5 Å². The van der Waals surface area contributed by atoms with Gasteiger partial charge < -0.3 is 14.8 Å². The van der Waals surface area contributed by atoms with Gasteiger partial charge in [0.2, 0.25) is 5.91 Å². The van der Waals surface area contributed by atoms with Crippen molar-refractivity contribution in [2.75, 3.05) is 6.54 Å². The Balaban J connectivity index is 2.12. The number of piperidine rings is 1. The Morgan fingerprint density at radius 2 is 1.89 bits per heavy atom. The molecule has 19 heavy (non-hydrogen) atoms. The minimum atomic E-state index is -1.09. The lowest BCUT2D eigenvalue weighted by Crippen LogP contribution is -2.50. The normalized spacial score (nSPS) is 31.2. The topological polar surface area (TPSA) is 60.4 Å². The Morgan fingerprint density at radius 1 is 1.21 bits per heavy atom. The van der Waals surface area contributed by atoms with Gasteiger partial charge in [0.15, 0.2) is 0 Å². The third kappa shape index (κ3) is 2.99. The predicted octanol–water partition coefficient (Wildman–Crippen LogP) is 1.11. The Labute approximate surface area is 114 Å². The SMILES string of the molecule is CC[C@@H]1CCCCN1C(=O)[C@H]1CC=CC[C@@H]1C(=O)[O-]. The van der Waals surface area contributed by atoms with Crippen molar-refractivity contribution in [1.82, 2.24) is 4.90 Å². The molecule has 1 saturated heterocycles. The molecular formula is C15H22NO3-. The van der Waals surface area contributed by atoms with Gasteiger partial charge in [-0.2, -0.15) is 0 Å². The molecule has 0 aromatic carbocycles. The molecule has 3 atom stereocenters. The fraction of sp³-hybridized carbons (Fsp3) is 0.733. The zero-order valence-electron chi connectivity index (χ0n) is 11.5. The van der Waals surface area contributed by atoms with Crippen LogP contribution in [0.5, 0.6) is 0 Å². The highest BCUT2D eigenvalue weighted by Gasteiger charge is 2.35. The zero-order chi connectivity index (χ0) is 13.8. The number of allylic oxidation sites excluding steroid dienone is 2. The largest absolute Gasteiger partial charge is 0.550 e. The van der Waals surface area contributed by atoms with Crippen molar-refractivity contribution in [3.63, 3.8) is 0 Å². The number of nitrogens with zero attached hydrogens (tertiary/aromatic N) is 1. The minimum absolute atomic E-state index is 0.0186. The van der Waals surface area contributed by atoms with E-state index in [4.69, 9.17) is 0 Å². The van der Waals surface area contributed by atoms with Gasteiger partial charge in [-0.3, -0.25) is 4.79 Å². The number of hydrogen-bond donors (Lipinski definition) is 0. The Bertz CT molecular complexity index is 378. The van der Waals surface area contributed by atoms with E-state index >= 15 is 0 Å². The molecule has 1 amide bonds. The van der Waals surface area contributed by atoms with Crippen molar-refractivity contribution in [1.29, 1.82) is 0 Å². The van der Waals surface area contributed by atoms with E-state index in [9.17, 15) is 14.7 Å². The van der Waals surface area contributed by atoms with E-state index in [1.807, 2.05) is 17.1 Å². The first-order valence-corrected chi connectivity index (χ1v) is 7.31. The van der Waals surface area contributed by atoms with Crippen LogP contribution in [0.15, 0.2) is 12.2 Å². The lowest BCUT2D eigenvalue weighted by Gasteiger charge is -2.40.